The van der Waals surface area contributed by atoms with Crippen LogP contribution in [-0.4, -0.2) is 57.3 Å². The second-order valence-corrected chi connectivity index (χ2v) is 3.97. The minimum absolute atomic E-state index is 0. The molecule has 0 aromatic carbocycles. The number of hydrogen-bond acceptors (Lipinski definition) is 2. The molecule has 0 aromatic heterocycles. The van der Waals surface area contributed by atoms with E-state index < -0.39 is 6.72 Å². The fourth-order valence-corrected chi connectivity index (χ4v) is 0.250. The molecular weight excluding hydrogens is 196 g/mol. The van der Waals surface area contributed by atoms with Crippen molar-refractivity contribution in [1.29, 1.82) is 0 Å². The van der Waals surface area contributed by atoms with Gasteiger partial charge in [-0.15, -0.1) is 0 Å². The van der Waals surface area contributed by atoms with Crippen molar-refractivity contribution in [3.05, 3.63) is 0 Å². The monoisotopic (exact) mass is 211 g/mol. The van der Waals surface area contributed by atoms with Gasteiger partial charge in [0.1, 0.15) is 0 Å². The summed E-state index contributed by atoms with van der Waals surface area (Å²) in [7, 11) is 0. The van der Waals surface area contributed by atoms with Gasteiger partial charge in [-0.25, -0.2) is 0 Å². The Bertz CT molecular complexity index is 99.2. The molecule has 0 aliphatic heterocycles. The molecule has 0 aliphatic rings. The predicted octanol–water partition coefficient (Wildman–Crippen LogP) is -0.845. The molecule has 0 aromatic rings. The zero-order valence-corrected chi connectivity index (χ0v) is 7.82. The van der Waals surface area contributed by atoms with E-state index in [4.69, 9.17) is 14.7 Å². The number of rotatable bonds is 2. The SMILES string of the molecule is CCNCC.OP(O)(O)=S.[NaH]. The molecule has 0 fully saturated rings. The molecule has 66 valence electrons. The summed E-state index contributed by atoms with van der Waals surface area (Å²) in [6.45, 7) is 2.58. The molecule has 0 rings (SSSR count). The van der Waals surface area contributed by atoms with Crippen molar-refractivity contribution in [2.24, 2.45) is 0 Å². The Morgan fingerprint density at radius 3 is 1.36 bits per heavy atom. The van der Waals surface area contributed by atoms with E-state index >= 15 is 0 Å². The van der Waals surface area contributed by atoms with Gasteiger partial charge in [0, 0.05) is 0 Å². The fourth-order valence-electron chi connectivity index (χ4n) is 0.250. The Labute approximate surface area is 94.6 Å². The third kappa shape index (κ3) is 85.0. The molecule has 0 saturated heterocycles. The van der Waals surface area contributed by atoms with E-state index in [9.17, 15) is 0 Å². The maximum atomic E-state index is 7.56. The third-order valence-electron chi connectivity index (χ3n) is 0.500. The molecule has 4 nitrogen and oxygen atoms in total. The van der Waals surface area contributed by atoms with Crippen LogP contribution in [0.5, 0.6) is 0 Å². The van der Waals surface area contributed by atoms with Crippen LogP contribution in [-0.2, 0) is 11.8 Å². The number of nitrogens with one attached hydrogen (secondary N) is 1. The summed E-state index contributed by atoms with van der Waals surface area (Å²) in [6.07, 6.45) is 0. The molecule has 0 atom stereocenters. The van der Waals surface area contributed by atoms with Crippen LogP contribution in [0.3, 0.4) is 0 Å². The standard InChI is InChI=1S/C4H11N.Na.H3O3PS.H/c1-3-5-4-2;;1-4(2,3)5;/h5H,3-4H2,1-2H3;;(H3,1,2,3,5);. The van der Waals surface area contributed by atoms with Gasteiger partial charge in [0.05, 0.1) is 0 Å². The summed E-state index contributed by atoms with van der Waals surface area (Å²) >= 11 is 3.60. The van der Waals surface area contributed by atoms with Crippen LogP contribution in [0.1, 0.15) is 13.8 Å². The molecule has 0 amide bonds. The minimum atomic E-state index is -3.81. The summed E-state index contributed by atoms with van der Waals surface area (Å²) in [4.78, 5) is 22.7. The Morgan fingerprint density at radius 2 is 1.36 bits per heavy atom. The topological polar surface area (TPSA) is 72.7 Å². The number of hydrogen-bond donors (Lipinski definition) is 4. The van der Waals surface area contributed by atoms with Crippen molar-refractivity contribution >= 4 is 48.1 Å². The van der Waals surface area contributed by atoms with Crippen molar-refractivity contribution < 1.29 is 14.7 Å². The Hall–Kier alpha value is 1.49. The first kappa shape index (κ1) is 18.3. The van der Waals surface area contributed by atoms with Crippen molar-refractivity contribution in [3.8, 4) is 0 Å². The zero-order chi connectivity index (χ0) is 8.62. The Morgan fingerprint density at radius 1 is 1.18 bits per heavy atom. The van der Waals surface area contributed by atoms with Gasteiger partial charge in [0.2, 0.25) is 0 Å². The second kappa shape index (κ2) is 11.5. The molecule has 0 bridgehead atoms. The van der Waals surface area contributed by atoms with E-state index in [1.54, 1.807) is 0 Å². The van der Waals surface area contributed by atoms with E-state index in [2.05, 4.69) is 31.0 Å². The maximum absolute atomic E-state index is 7.56. The van der Waals surface area contributed by atoms with Crippen LogP contribution < -0.4 is 5.32 Å². The molecule has 11 heavy (non-hydrogen) atoms. The van der Waals surface area contributed by atoms with Crippen molar-refractivity contribution in [2.75, 3.05) is 13.1 Å². The van der Waals surface area contributed by atoms with Gasteiger partial charge in [-0.2, -0.15) is 0 Å². The molecule has 0 unspecified atom stereocenters. The summed E-state index contributed by atoms with van der Waals surface area (Å²) in [5, 5.41) is 3.11. The van der Waals surface area contributed by atoms with Crippen LogP contribution in [0.25, 0.3) is 0 Å². The van der Waals surface area contributed by atoms with E-state index in [0.29, 0.717) is 0 Å². The molecular formula is C4H15NNaO3PS. The van der Waals surface area contributed by atoms with Crippen molar-refractivity contribution in [1.82, 2.24) is 5.32 Å². The molecule has 0 heterocycles. The van der Waals surface area contributed by atoms with Crippen LogP contribution in [0.4, 0.5) is 0 Å². The second-order valence-electron chi connectivity index (χ2n) is 1.47. The van der Waals surface area contributed by atoms with Crippen LogP contribution >= 0.6 is 6.72 Å². The van der Waals surface area contributed by atoms with E-state index in [0.717, 1.165) is 13.1 Å². The summed E-state index contributed by atoms with van der Waals surface area (Å²) in [6, 6.07) is 0. The average Bonchev–Trinajstić information content (AvgIpc) is 1.63. The Balaban J connectivity index is -0.000000107. The first-order valence-corrected chi connectivity index (χ1v) is 5.56. The first-order valence-electron chi connectivity index (χ1n) is 2.90. The van der Waals surface area contributed by atoms with Gasteiger partial charge in [-0.3, -0.25) is 0 Å². The summed E-state index contributed by atoms with van der Waals surface area (Å²) in [5.41, 5.74) is 0. The molecule has 7 heteroatoms. The van der Waals surface area contributed by atoms with Gasteiger partial charge < -0.3 is 20.0 Å². The molecule has 0 aliphatic carbocycles. The van der Waals surface area contributed by atoms with Gasteiger partial charge >= 0.3 is 36.3 Å². The van der Waals surface area contributed by atoms with Crippen molar-refractivity contribution in [3.63, 3.8) is 0 Å². The van der Waals surface area contributed by atoms with Gasteiger partial charge in [-0.1, -0.05) is 13.8 Å². The molecule has 0 spiro atoms. The van der Waals surface area contributed by atoms with Crippen molar-refractivity contribution in [2.45, 2.75) is 13.8 Å². The molecule has 4 N–H and O–H groups in total. The quantitative estimate of drug-likeness (QED) is 0.354. The fraction of sp³-hybridized carbons (Fsp3) is 1.00. The first-order chi connectivity index (χ1) is 4.41. The van der Waals surface area contributed by atoms with Crippen LogP contribution in [0.2, 0.25) is 0 Å². The predicted molar refractivity (Wildman–Crippen MR) is 52.3 cm³/mol. The zero-order valence-electron chi connectivity index (χ0n) is 6.11. The Kier molecular flexibility index (Phi) is 19.1. The molecule has 0 radical (unpaired) electrons. The van der Waals surface area contributed by atoms with E-state index in [1.807, 2.05) is 0 Å². The average molecular weight is 211 g/mol. The van der Waals surface area contributed by atoms with Gasteiger partial charge in [-0.05, 0) is 24.9 Å². The van der Waals surface area contributed by atoms with Crippen LogP contribution in [0.15, 0.2) is 0 Å². The van der Waals surface area contributed by atoms with Crippen LogP contribution in [0, 0.1) is 0 Å². The van der Waals surface area contributed by atoms with Gasteiger partial charge in [0.15, 0.2) is 0 Å². The normalized spacial score (nSPS) is 9.18. The summed E-state index contributed by atoms with van der Waals surface area (Å²) in [5.74, 6) is 0. The molecule has 0 saturated carbocycles. The third-order valence-corrected chi connectivity index (χ3v) is 0.500. The van der Waals surface area contributed by atoms with Gasteiger partial charge in [0.25, 0.3) is 0 Å². The summed E-state index contributed by atoms with van der Waals surface area (Å²) < 4.78 is 0. The van der Waals surface area contributed by atoms with E-state index in [-0.39, 0.29) is 29.6 Å². The van der Waals surface area contributed by atoms with E-state index in [1.165, 1.54) is 0 Å².